The maximum Gasteiger partial charge on any atom is 0.343 e. The summed E-state index contributed by atoms with van der Waals surface area (Å²) < 4.78 is 20.4. The van der Waals surface area contributed by atoms with Crippen LogP contribution in [-0.2, 0) is 19.1 Å². The third-order valence-corrected chi connectivity index (χ3v) is 5.89. The standard InChI is InChI=1S/C23H21ClN2O8S/c1-31-16-8-7-14(10-15(16)24)25-19(27)11-26-22(29)18(35-23(26)30)9-13-5-4-6-17(32-2)21(13)34-12-20(28)33-3/h4-10H,11-12H2,1-3H3,(H,25,27)/b18-9+. The number of ether oxygens (including phenoxy) is 4. The van der Waals surface area contributed by atoms with Gasteiger partial charge in [0, 0.05) is 11.3 Å². The van der Waals surface area contributed by atoms with E-state index in [1.807, 2.05) is 0 Å². The van der Waals surface area contributed by atoms with Gasteiger partial charge < -0.3 is 24.3 Å². The van der Waals surface area contributed by atoms with Crippen LogP contribution in [0.4, 0.5) is 10.5 Å². The summed E-state index contributed by atoms with van der Waals surface area (Å²) in [7, 11) is 4.11. The van der Waals surface area contributed by atoms with Crippen molar-refractivity contribution in [1.82, 2.24) is 4.90 Å². The maximum absolute atomic E-state index is 12.9. The zero-order chi connectivity index (χ0) is 25.5. The number of methoxy groups -OCH3 is 3. The number of esters is 1. The highest BCUT2D eigenvalue weighted by molar-refractivity contribution is 8.18. The van der Waals surface area contributed by atoms with Crippen LogP contribution in [0.3, 0.4) is 0 Å². The fourth-order valence-corrected chi connectivity index (χ4v) is 4.10. The average molecular weight is 521 g/mol. The lowest BCUT2D eigenvalue weighted by atomic mass is 10.1. The molecule has 10 nitrogen and oxygen atoms in total. The minimum Gasteiger partial charge on any atom is -0.495 e. The summed E-state index contributed by atoms with van der Waals surface area (Å²) in [5.74, 6) is -0.886. The number of rotatable bonds is 9. The van der Waals surface area contributed by atoms with Gasteiger partial charge in [-0.05, 0) is 42.1 Å². The molecular formula is C23H21ClN2O8S. The molecule has 35 heavy (non-hydrogen) atoms. The van der Waals surface area contributed by atoms with Gasteiger partial charge in [-0.1, -0.05) is 23.7 Å². The highest BCUT2D eigenvalue weighted by Gasteiger charge is 2.36. The van der Waals surface area contributed by atoms with E-state index in [-0.39, 0.29) is 17.3 Å². The van der Waals surface area contributed by atoms with Crippen molar-refractivity contribution < 1.29 is 38.1 Å². The fraction of sp³-hybridized carbons (Fsp3) is 0.217. The molecule has 0 unspecified atom stereocenters. The molecule has 0 atom stereocenters. The number of thioether (sulfide) groups is 1. The number of benzene rings is 2. The number of hydrogen-bond acceptors (Lipinski definition) is 9. The first-order valence-corrected chi connectivity index (χ1v) is 11.2. The van der Waals surface area contributed by atoms with E-state index in [0.29, 0.717) is 39.5 Å². The Kier molecular flexibility index (Phi) is 8.61. The Morgan fingerprint density at radius 1 is 1.09 bits per heavy atom. The maximum atomic E-state index is 12.9. The molecule has 1 N–H and O–H groups in total. The lowest BCUT2D eigenvalue weighted by Crippen LogP contribution is -2.36. The van der Waals surface area contributed by atoms with E-state index >= 15 is 0 Å². The first-order chi connectivity index (χ1) is 16.8. The van der Waals surface area contributed by atoms with Crippen LogP contribution >= 0.6 is 23.4 Å². The van der Waals surface area contributed by atoms with Gasteiger partial charge >= 0.3 is 5.97 Å². The lowest BCUT2D eigenvalue weighted by Gasteiger charge is -2.14. The SMILES string of the molecule is COC(=O)COc1c(/C=C2/SC(=O)N(CC(=O)Nc3ccc(OC)c(Cl)c3)C2=O)cccc1OC. The number of nitrogens with one attached hydrogen (secondary N) is 1. The average Bonchev–Trinajstić information content (AvgIpc) is 3.10. The van der Waals surface area contributed by atoms with E-state index in [2.05, 4.69) is 10.1 Å². The van der Waals surface area contributed by atoms with Crippen LogP contribution in [0.25, 0.3) is 6.08 Å². The topological polar surface area (TPSA) is 120 Å². The van der Waals surface area contributed by atoms with Gasteiger partial charge in [0.2, 0.25) is 5.91 Å². The third kappa shape index (κ3) is 6.25. The molecule has 0 aliphatic carbocycles. The van der Waals surface area contributed by atoms with E-state index in [0.717, 1.165) is 4.90 Å². The van der Waals surface area contributed by atoms with Crippen molar-refractivity contribution in [2.75, 3.05) is 39.8 Å². The quantitative estimate of drug-likeness (QED) is 0.390. The molecule has 1 heterocycles. The molecule has 12 heteroatoms. The number of hydrogen-bond donors (Lipinski definition) is 1. The molecule has 0 spiro atoms. The van der Waals surface area contributed by atoms with Gasteiger partial charge in [0.25, 0.3) is 11.1 Å². The monoisotopic (exact) mass is 520 g/mol. The van der Waals surface area contributed by atoms with Crippen LogP contribution in [0.1, 0.15) is 5.56 Å². The number of anilines is 1. The van der Waals surface area contributed by atoms with Crippen LogP contribution in [0.5, 0.6) is 17.2 Å². The summed E-state index contributed by atoms with van der Waals surface area (Å²) >= 11 is 6.73. The van der Waals surface area contributed by atoms with Gasteiger partial charge in [-0.3, -0.25) is 19.3 Å². The molecule has 3 rings (SSSR count). The number of carbonyl (C=O) groups is 4. The molecule has 0 radical (unpaired) electrons. The molecule has 1 fully saturated rings. The molecule has 0 bridgehead atoms. The highest BCUT2D eigenvalue weighted by atomic mass is 35.5. The van der Waals surface area contributed by atoms with E-state index in [1.54, 1.807) is 30.3 Å². The molecule has 1 aliphatic heterocycles. The van der Waals surface area contributed by atoms with Crippen LogP contribution in [-0.4, -0.2) is 62.4 Å². The Bertz CT molecular complexity index is 1200. The summed E-state index contributed by atoms with van der Waals surface area (Å²) in [6.45, 7) is -0.871. The summed E-state index contributed by atoms with van der Waals surface area (Å²) in [5, 5.41) is 2.28. The van der Waals surface area contributed by atoms with E-state index in [4.69, 9.17) is 25.8 Å². The number of imide groups is 1. The van der Waals surface area contributed by atoms with Crippen LogP contribution < -0.4 is 19.5 Å². The van der Waals surface area contributed by atoms with Crippen molar-refractivity contribution in [1.29, 1.82) is 0 Å². The zero-order valence-electron chi connectivity index (χ0n) is 19.0. The van der Waals surface area contributed by atoms with Gasteiger partial charge in [0.1, 0.15) is 12.3 Å². The zero-order valence-corrected chi connectivity index (χ0v) is 20.5. The van der Waals surface area contributed by atoms with Crippen molar-refractivity contribution in [2.45, 2.75) is 0 Å². The van der Waals surface area contributed by atoms with Crippen molar-refractivity contribution in [3.8, 4) is 17.2 Å². The smallest absolute Gasteiger partial charge is 0.343 e. The summed E-state index contributed by atoms with van der Waals surface area (Å²) in [6.07, 6.45) is 1.43. The number of para-hydroxylation sites is 1. The normalized spacial score (nSPS) is 14.2. The predicted octanol–water partition coefficient (Wildman–Crippen LogP) is 3.58. The number of carbonyl (C=O) groups excluding carboxylic acids is 4. The Labute approximate surface area is 210 Å². The van der Waals surface area contributed by atoms with Crippen molar-refractivity contribution in [2.24, 2.45) is 0 Å². The van der Waals surface area contributed by atoms with Crippen LogP contribution in [0.2, 0.25) is 5.02 Å². The van der Waals surface area contributed by atoms with Gasteiger partial charge in [-0.25, -0.2) is 4.79 Å². The second-order valence-corrected chi connectivity index (χ2v) is 8.31. The Hall–Kier alpha value is -3.70. The van der Waals surface area contributed by atoms with E-state index in [9.17, 15) is 19.2 Å². The van der Waals surface area contributed by atoms with Gasteiger partial charge in [0.15, 0.2) is 18.1 Å². The van der Waals surface area contributed by atoms with Gasteiger partial charge in [-0.15, -0.1) is 0 Å². The van der Waals surface area contributed by atoms with E-state index in [1.165, 1.54) is 33.5 Å². The van der Waals surface area contributed by atoms with E-state index < -0.39 is 29.6 Å². The first kappa shape index (κ1) is 25.9. The van der Waals surface area contributed by atoms with Crippen molar-refractivity contribution in [3.05, 3.63) is 51.9 Å². The summed E-state index contributed by atoms with van der Waals surface area (Å²) in [5.41, 5.74) is 0.781. The molecule has 2 aromatic rings. The Balaban J connectivity index is 1.76. The van der Waals surface area contributed by atoms with Crippen LogP contribution in [0, 0.1) is 0 Å². The van der Waals surface area contributed by atoms with Crippen molar-refractivity contribution in [3.63, 3.8) is 0 Å². The molecular weight excluding hydrogens is 500 g/mol. The Morgan fingerprint density at radius 2 is 1.83 bits per heavy atom. The second-order valence-electron chi connectivity index (χ2n) is 6.91. The first-order valence-electron chi connectivity index (χ1n) is 10.0. The molecule has 1 saturated heterocycles. The summed E-state index contributed by atoms with van der Waals surface area (Å²) in [4.78, 5) is 50.2. The third-order valence-electron chi connectivity index (χ3n) is 4.69. The molecule has 3 amide bonds. The van der Waals surface area contributed by atoms with Gasteiger partial charge in [0.05, 0.1) is 31.3 Å². The van der Waals surface area contributed by atoms with Gasteiger partial charge in [-0.2, -0.15) is 0 Å². The molecule has 1 aliphatic rings. The largest absolute Gasteiger partial charge is 0.495 e. The molecule has 2 aromatic carbocycles. The second kappa shape index (κ2) is 11.6. The highest BCUT2D eigenvalue weighted by Crippen LogP contribution is 2.37. The fourth-order valence-electron chi connectivity index (χ4n) is 3.02. The minimum absolute atomic E-state index is 0.0754. The number of halogens is 1. The van der Waals surface area contributed by atoms with Crippen molar-refractivity contribution >= 4 is 58.1 Å². The number of amides is 3. The predicted molar refractivity (Wildman–Crippen MR) is 130 cm³/mol. The molecule has 184 valence electrons. The Morgan fingerprint density at radius 3 is 2.49 bits per heavy atom. The lowest BCUT2D eigenvalue weighted by molar-refractivity contribution is -0.143. The molecule has 0 saturated carbocycles. The molecule has 0 aromatic heterocycles. The number of nitrogens with zero attached hydrogens (tertiary/aromatic N) is 1. The summed E-state index contributed by atoms with van der Waals surface area (Å²) in [6, 6.07) is 9.55. The minimum atomic E-state index is -0.648. The van der Waals surface area contributed by atoms with Crippen LogP contribution in [0.15, 0.2) is 41.3 Å².